The first-order chi connectivity index (χ1) is 9.54. The van der Waals surface area contributed by atoms with E-state index in [4.69, 9.17) is 0 Å². The Labute approximate surface area is 127 Å². The highest BCUT2D eigenvalue weighted by Gasteiger charge is 2.08. The molecule has 0 atom stereocenters. The zero-order chi connectivity index (χ0) is 14.5. The van der Waals surface area contributed by atoms with Gasteiger partial charge >= 0.3 is 0 Å². The minimum atomic E-state index is 0.0163. The number of hydrogen-bond donors (Lipinski definition) is 1. The number of amides is 1. The fourth-order valence-corrected chi connectivity index (χ4v) is 2.44. The van der Waals surface area contributed by atoms with Gasteiger partial charge in [-0.1, -0.05) is 6.07 Å². The Morgan fingerprint density at radius 3 is 2.50 bits per heavy atom. The van der Waals surface area contributed by atoms with Gasteiger partial charge in [0, 0.05) is 16.6 Å². The molecule has 0 aliphatic rings. The summed E-state index contributed by atoms with van der Waals surface area (Å²) in [4.78, 5) is 11.9. The van der Waals surface area contributed by atoms with Gasteiger partial charge in [0.1, 0.15) is 0 Å². The highest BCUT2D eigenvalue weighted by Crippen LogP contribution is 2.23. The van der Waals surface area contributed by atoms with Crippen LogP contribution in [-0.4, -0.2) is 5.91 Å². The van der Waals surface area contributed by atoms with E-state index < -0.39 is 0 Å². The summed E-state index contributed by atoms with van der Waals surface area (Å²) in [5.41, 5.74) is 3.19. The van der Waals surface area contributed by atoms with Crippen LogP contribution >= 0.6 is 15.9 Å². The van der Waals surface area contributed by atoms with E-state index in [0.29, 0.717) is 13.0 Å². The highest BCUT2D eigenvalue weighted by atomic mass is 79.9. The number of benzene rings is 1. The van der Waals surface area contributed by atoms with Gasteiger partial charge < -0.3 is 5.32 Å². The topological polar surface area (TPSA) is 33.0 Å². The summed E-state index contributed by atoms with van der Waals surface area (Å²) in [5, 5.41) is 2.92. The fourth-order valence-electron chi connectivity index (χ4n) is 1.85. The van der Waals surface area contributed by atoms with Gasteiger partial charge in [0.2, 0.25) is 5.91 Å². The molecule has 2 aromatic rings. The van der Waals surface area contributed by atoms with E-state index >= 15 is 0 Å². The second kappa shape index (κ2) is 6.66. The van der Waals surface area contributed by atoms with Crippen LogP contribution < -0.4 is 9.88 Å². The molecule has 0 saturated heterocycles. The zero-order valence-corrected chi connectivity index (χ0v) is 13.3. The van der Waals surface area contributed by atoms with Crippen LogP contribution in [0.1, 0.15) is 17.5 Å². The molecular formula is C16H18BrN2O+. The monoisotopic (exact) mass is 333 g/mol. The minimum absolute atomic E-state index is 0.0163. The zero-order valence-electron chi connectivity index (χ0n) is 11.7. The number of anilines is 1. The van der Waals surface area contributed by atoms with E-state index in [1.165, 1.54) is 5.56 Å². The molecule has 104 valence electrons. The van der Waals surface area contributed by atoms with Gasteiger partial charge in [-0.05, 0) is 53.0 Å². The summed E-state index contributed by atoms with van der Waals surface area (Å²) in [5.74, 6) is 0.0163. The molecule has 20 heavy (non-hydrogen) atoms. The molecule has 1 N–H and O–H groups in total. The van der Waals surface area contributed by atoms with Crippen LogP contribution in [0.3, 0.4) is 0 Å². The van der Waals surface area contributed by atoms with Crippen LogP contribution in [0.5, 0.6) is 0 Å². The van der Waals surface area contributed by atoms with Gasteiger partial charge in [-0.2, -0.15) is 0 Å². The average Bonchev–Trinajstić information content (AvgIpc) is 2.41. The first-order valence-electron chi connectivity index (χ1n) is 6.56. The Kier molecular flexibility index (Phi) is 4.90. The predicted octanol–water partition coefficient (Wildman–Crippen LogP) is 3.38. The third-order valence-corrected chi connectivity index (χ3v) is 3.71. The van der Waals surface area contributed by atoms with Crippen molar-refractivity contribution in [2.45, 2.75) is 26.8 Å². The molecule has 4 heteroatoms. The lowest BCUT2D eigenvalue weighted by Gasteiger charge is -2.07. The third kappa shape index (κ3) is 4.17. The Hall–Kier alpha value is -1.68. The van der Waals surface area contributed by atoms with Crippen LogP contribution in [0, 0.1) is 13.8 Å². The average molecular weight is 334 g/mol. The number of carbonyl (C=O) groups excluding carboxylic acids is 1. The van der Waals surface area contributed by atoms with Crippen molar-refractivity contribution in [2.24, 2.45) is 0 Å². The predicted molar refractivity (Wildman–Crippen MR) is 83.5 cm³/mol. The van der Waals surface area contributed by atoms with E-state index in [1.807, 2.05) is 61.1 Å². The normalized spacial score (nSPS) is 10.3. The summed E-state index contributed by atoms with van der Waals surface area (Å²) in [7, 11) is 0. The summed E-state index contributed by atoms with van der Waals surface area (Å²) in [6, 6.07) is 9.96. The maximum Gasteiger partial charge on any atom is 0.230 e. The van der Waals surface area contributed by atoms with Crippen LogP contribution in [0.15, 0.2) is 47.2 Å². The summed E-state index contributed by atoms with van der Waals surface area (Å²) < 4.78 is 2.92. The third-order valence-electron chi connectivity index (χ3n) is 3.05. The lowest BCUT2D eigenvalue weighted by atomic mass is 10.2. The molecule has 1 aromatic carbocycles. The number of aromatic nitrogens is 1. The molecular weight excluding hydrogens is 316 g/mol. The summed E-state index contributed by atoms with van der Waals surface area (Å²) in [6.07, 6.45) is 4.43. The van der Waals surface area contributed by atoms with E-state index in [0.717, 1.165) is 15.7 Å². The number of carbonyl (C=O) groups is 1. The van der Waals surface area contributed by atoms with E-state index in [-0.39, 0.29) is 5.91 Å². The van der Waals surface area contributed by atoms with Crippen LogP contribution in [-0.2, 0) is 11.3 Å². The minimum Gasteiger partial charge on any atom is -0.325 e. The van der Waals surface area contributed by atoms with Crippen molar-refractivity contribution in [1.29, 1.82) is 0 Å². The van der Waals surface area contributed by atoms with Crippen molar-refractivity contribution in [1.82, 2.24) is 0 Å². The van der Waals surface area contributed by atoms with Gasteiger partial charge in [0.05, 0.1) is 12.1 Å². The quantitative estimate of drug-likeness (QED) is 0.855. The molecule has 0 spiro atoms. The van der Waals surface area contributed by atoms with Gasteiger partial charge in [0.15, 0.2) is 18.9 Å². The van der Waals surface area contributed by atoms with Gasteiger partial charge in [0.25, 0.3) is 0 Å². The number of aryl methyl sites for hydroxylation is 3. The number of nitrogens with one attached hydrogen (secondary N) is 1. The molecule has 0 saturated carbocycles. The van der Waals surface area contributed by atoms with Crippen LogP contribution in [0.25, 0.3) is 0 Å². The Balaban J connectivity index is 1.90. The molecule has 0 radical (unpaired) electrons. The SMILES string of the molecule is Cc1cc[n+](CCC(=O)Nc2ccc(C)cc2Br)cc1. The van der Waals surface area contributed by atoms with E-state index in [1.54, 1.807) is 0 Å². The maximum absolute atomic E-state index is 11.9. The van der Waals surface area contributed by atoms with Crippen molar-refractivity contribution < 1.29 is 9.36 Å². The van der Waals surface area contributed by atoms with Gasteiger partial charge in [-0.15, -0.1) is 0 Å². The first kappa shape index (κ1) is 14.7. The molecule has 3 nitrogen and oxygen atoms in total. The van der Waals surface area contributed by atoms with Crippen LogP contribution in [0.2, 0.25) is 0 Å². The number of pyridine rings is 1. The van der Waals surface area contributed by atoms with Gasteiger partial charge in [-0.3, -0.25) is 4.79 Å². The summed E-state index contributed by atoms with van der Waals surface area (Å²) in [6.45, 7) is 4.74. The number of rotatable bonds is 4. The van der Waals surface area contributed by atoms with Crippen molar-refractivity contribution in [3.05, 3.63) is 58.3 Å². The van der Waals surface area contributed by atoms with Crippen molar-refractivity contribution in [2.75, 3.05) is 5.32 Å². The lowest BCUT2D eigenvalue weighted by molar-refractivity contribution is -0.695. The van der Waals surface area contributed by atoms with Gasteiger partial charge in [-0.25, -0.2) is 4.57 Å². The molecule has 2 rings (SSSR count). The Morgan fingerprint density at radius 2 is 1.85 bits per heavy atom. The molecule has 1 heterocycles. The summed E-state index contributed by atoms with van der Waals surface area (Å²) >= 11 is 3.46. The van der Waals surface area contributed by atoms with Crippen molar-refractivity contribution in [3.63, 3.8) is 0 Å². The second-order valence-electron chi connectivity index (χ2n) is 4.89. The van der Waals surface area contributed by atoms with Crippen molar-refractivity contribution in [3.8, 4) is 0 Å². The van der Waals surface area contributed by atoms with Crippen LogP contribution in [0.4, 0.5) is 5.69 Å². The standard InChI is InChI=1S/C16H17BrN2O/c1-12-5-8-19(9-6-12)10-7-16(20)18-15-4-3-13(2)11-14(15)17/h3-6,8-9,11H,7,10H2,1-2H3/p+1. The van der Waals surface area contributed by atoms with E-state index in [9.17, 15) is 4.79 Å². The molecule has 0 aliphatic carbocycles. The molecule has 1 aromatic heterocycles. The fraction of sp³-hybridized carbons (Fsp3) is 0.250. The number of hydrogen-bond acceptors (Lipinski definition) is 1. The number of halogens is 1. The smallest absolute Gasteiger partial charge is 0.230 e. The molecule has 0 aliphatic heterocycles. The first-order valence-corrected chi connectivity index (χ1v) is 7.35. The Bertz CT molecular complexity index is 608. The number of nitrogens with zero attached hydrogens (tertiary/aromatic N) is 1. The highest BCUT2D eigenvalue weighted by molar-refractivity contribution is 9.10. The molecule has 0 unspecified atom stereocenters. The lowest BCUT2D eigenvalue weighted by Crippen LogP contribution is -2.34. The largest absolute Gasteiger partial charge is 0.325 e. The maximum atomic E-state index is 11.9. The van der Waals surface area contributed by atoms with E-state index in [2.05, 4.69) is 21.2 Å². The van der Waals surface area contributed by atoms with Crippen molar-refractivity contribution >= 4 is 27.5 Å². The molecule has 1 amide bonds. The Morgan fingerprint density at radius 1 is 1.15 bits per heavy atom. The second-order valence-corrected chi connectivity index (χ2v) is 5.75. The molecule has 0 bridgehead atoms. The molecule has 0 fully saturated rings.